The van der Waals surface area contributed by atoms with Crippen LogP contribution in [-0.4, -0.2) is 40.7 Å². The van der Waals surface area contributed by atoms with Crippen LogP contribution in [0.2, 0.25) is 0 Å². The van der Waals surface area contributed by atoms with Gasteiger partial charge in [0, 0.05) is 17.5 Å². The molecule has 0 aromatic carbocycles. The smallest absolute Gasteiger partial charge is 0.0687 e. The fourth-order valence-corrected chi connectivity index (χ4v) is 2.07. The Kier molecular flexibility index (Phi) is 8.29. The zero-order chi connectivity index (χ0) is 10.3. The number of hydrogen-bond donors (Lipinski definition) is 4. The molecule has 0 aromatic rings. The van der Waals surface area contributed by atoms with Crippen LogP contribution in [0.15, 0.2) is 0 Å². The Hall–Kier alpha value is 0.580. The molecule has 0 fully saturated rings. The second-order valence-electron chi connectivity index (χ2n) is 3.12. The molecule has 1 unspecified atom stereocenters. The highest BCUT2D eigenvalue weighted by Gasteiger charge is 2.17. The summed E-state index contributed by atoms with van der Waals surface area (Å²) in [6, 6.07) is -0.0282. The molecule has 5 heteroatoms. The van der Waals surface area contributed by atoms with Gasteiger partial charge in [-0.25, -0.2) is 0 Å². The molecular formula is C8H20N2OS2. The molecule has 0 aliphatic carbocycles. The van der Waals surface area contributed by atoms with Crippen molar-refractivity contribution in [2.24, 2.45) is 5.73 Å². The lowest BCUT2D eigenvalue weighted by molar-refractivity contribution is 0.242. The number of aliphatic hydroxyl groups excluding tert-OH is 1. The average Bonchev–Trinajstić information content (AvgIpc) is 2.04. The van der Waals surface area contributed by atoms with Crippen LogP contribution in [0.5, 0.6) is 0 Å². The van der Waals surface area contributed by atoms with E-state index in [1.165, 1.54) is 0 Å². The first kappa shape index (κ1) is 13.6. The number of thiol groups is 1. The van der Waals surface area contributed by atoms with E-state index in [1.54, 1.807) is 11.8 Å². The predicted octanol–water partition coefficient (Wildman–Crippen LogP) is 0.293. The molecule has 13 heavy (non-hydrogen) atoms. The molecule has 0 radical (unpaired) electrons. The van der Waals surface area contributed by atoms with Gasteiger partial charge in [-0.3, -0.25) is 0 Å². The van der Waals surface area contributed by atoms with E-state index in [9.17, 15) is 0 Å². The van der Waals surface area contributed by atoms with Crippen LogP contribution in [0.25, 0.3) is 0 Å². The highest BCUT2D eigenvalue weighted by atomic mass is 32.2. The maximum absolute atomic E-state index is 9.06. The molecule has 0 amide bonds. The standard InChI is InChI=1S/C8H20N2OS2/c1-6(2)13-8(9)7(5-11)10-3-4-12/h6-8,10-12H,3-5,9H2,1-2H3/t7-,8?/m1/s1. The quantitative estimate of drug-likeness (QED) is 0.371. The molecule has 0 aromatic heterocycles. The van der Waals surface area contributed by atoms with E-state index in [0.717, 1.165) is 12.3 Å². The average molecular weight is 224 g/mol. The summed E-state index contributed by atoms with van der Waals surface area (Å²) < 4.78 is 0. The molecule has 0 heterocycles. The van der Waals surface area contributed by atoms with Crippen LogP contribution in [0.1, 0.15) is 13.8 Å². The Bertz CT molecular complexity index is 125. The van der Waals surface area contributed by atoms with Crippen LogP contribution in [0.4, 0.5) is 0 Å². The second-order valence-corrected chi connectivity index (χ2v) is 5.32. The van der Waals surface area contributed by atoms with Crippen LogP contribution in [0, 0.1) is 0 Å². The van der Waals surface area contributed by atoms with Gasteiger partial charge in [0.1, 0.15) is 0 Å². The Labute approximate surface area is 90.3 Å². The predicted molar refractivity (Wildman–Crippen MR) is 63.4 cm³/mol. The Morgan fingerprint density at radius 3 is 2.54 bits per heavy atom. The fourth-order valence-electron chi connectivity index (χ4n) is 0.944. The lowest BCUT2D eigenvalue weighted by Crippen LogP contribution is -2.46. The van der Waals surface area contributed by atoms with Crippen LogP contribution in [0.3, 0.4) is 0 Å². The maximum atomic E-state index is 9.06. The largest absolute Gasteiger partial charge is 0.395 e. The van der Waals surface area contributed by atoms with Gasteiger partial charge in [-0.2, -0.15) is 12.6 Å². The minimum absolute atomic E-state index is 0.0282. The monoisotopic (exact) mass is 224 g/mol. The van der Waals surface area contributed by atoms with Crippen LogP contribution >= 0.6 is 24.4 Å². The first-order chi connectivity index (χ1) is 6.11. The second kappa shape index (κ2) is 7.94. The zero-order valence-corrected chi connectivity index (χ0v) is 9.94. The summed E-state index contributed by atoms with van der Waals surface area (Å²) in [5.41, 5.74) is 5.89. The maximum Gasteiger partial charge on any atom is 0.0687 e. The summed E-state index contributed by atoms with van der Waals surface area (Å²) >= 11 is 5.75. The van der Waals surface area contributed by atoms with Crippen LogP contribution in [-0.2, 0) is 0 Å². The normalized spacial score (nSPS) is 16.2. The summed E-state index contributed by atoms with van der Waals surface area (Å²) in [4.78, 5) is 0. The van der Waals surface area contributed by atoms with Crippen molar-refractivity contribution in [3.8, 4) is 0 Å². The Morgan fingerprint density at radius 2 is 2.15 bits per heavy atom. The van der Waals surface area contributed by atoms with E-state index in [0.29, 0.717) is 5.25 Å². The van der Waals surface area contributed by atoms with Crippen molar-refractivity contribution in [1.29, 1.82) is 0 Å². The summed E-state index contributed by atoms with van der Waals surface area (Å²) in [5, 5.41) is 12.6. The van der Waals surface area contributed by atoms with Gasteiger partial charge >= 0.3 is 0 Å². The molecule has 3 nitrogen and oxygen atoms in total. The molecular weight excluding hydrogens is 204 g/mol. The van der Waals surface area contributed by atoms with Gasteiger partial charge in [-0.05, 0) is 0 Å². The van der Waals surface area contributed by atoms with Crippen molar-refractivity contribution in [3.63, 3.8) is 0 Å². The van der Waals surface area contributed by atoms with Gasteiger partial charge in [-0.15, -0.1) is 11.8 Å². The van der Waals surface area contributed by atoms with E-state index in [4.69, 9.17) is 10.8 Å². The minimum atomic E-state index is -0.0510. The summed E-state index contributed by atoms with van der Waals surface area (Å²) in [7, 11) is 0. The third-order valence-electron chi connectivity index (χ3n) is 1.54. The number of nitrogens with two attached hydrogens (primary N) is 1. The van der Waals surface area contributed by atoms with Crippen molar-refractivity contribution < 1.29 is 5.11 Å². The Morgan fingerprint density at radius 1 is 1.54 bits per heavy atom. The van der Waals surface area contributed by atoms with E-state index in [2.05, 4.69) is 31.8 Å². The zero-order valence-electron chi connectivity index (χ0n) is 8.23. The van der Waals surface area contributed by atoms with Gasteiger partial charge in [0.25, 0.3) is 0 Å². The van der Waals surface area contributed by atoms with E-state index < -0.39 is 0 Å². The number of aliphatic hydroxyl groups is 1. The number of nitrogens with one attached hydrogen (secondary N) is 1. The number of rotatable bonds is 7. The molecule has 2 atom stereocenters. The van der Waals surface area contributed by atoms with Crippen molar-refractivity contribution in [2.45, 2.75) is 30.5 Å². The molecule has 0 saturated carbocycles. The highest BCUT2D eigenvalue weighted by Crippen LogP contribution is 2.15. The topological polar surface area (TPSA) is 58.3 Å². The third kappa shape index (κ3) is 6.62. The lowest BCUT2D eigenvalue weighted by atomic mass is 10.3. The molecule has 0 bridgehead atoms. The summed E-state index contributed by atoms with van der Waals surface area (Å²) in [6.07, 6.45) is 0. The van der Waals surface area contributed by atoms with Crippen LogP contribution < -0.4 is 11.1 Å². The molecule has 0 aliphatic heterocycles. The van der Waals surface area contributed by atoms with E-state index in [-0.39, 0.29) is 18.0 Å². The first-order valence-corrected chi connectivity index (χ1v) is 6.05. The van der Waals surface area contributed by atoms with Gasteiger partial charge < -0.3 is 16.2 Å². The molecule has 0 aliphatic rings. The molecule has 0 saturated heterocycles. The minimum Gasteiger partial charge on any atom is -0.395 e. The van der Waals surface area contributed by atoms with Gasteiger partial charge in [0.15, 0.2) is 0 Å². The molecule has 0 rings (SSSR count). The van der Waals surface area contributed by atoms with Gasteiger partial charge in [0.2, 0.25) is 0 Å². The fraction of sp³-hybridized carbons (Fsp3) is 1.00. The third-order valence-corrected chi connectivity index (χ3v) is 2.95. The first-order valence-electron chi connectivity index (χ1n) is 4.48. The van der Waals surface area contributed by atoms with Gasteiger partial charge in [0.05, 0.1) is 18.0 Å². The van der Waals surface area contributed by atoms with Crippen molar-refractivity contribution in [1.82, 2.24) is 5.32 Å². The molecule has 0 spiro atoms. The van der Waals surface area contributed by atoms with Crippen molar-refractivity contribution >= 4 is 24.4 Å². The summed E-state index contributed by atoms with van der Waals surface area (Å²) in [5.74, 6) is 0.759. The van der Waals surface area contributed by atoms with E-state index >= 15 is 0 Å². The number of hydrogen-bond acceptors (Lipinski definition) is 5. The number of thioether (sulfide) groups is 1. The van der Waals surface area contributed by atoms with E-state index in [1.807, 2.05) is 0 Å². The van der Waals surface area contributed by atoms with Crippen molar-refractivity contribution in [3.05, 3.63) is 0 Å². The lowest BCUT2D eigenvalue weighted by Gasteiger charge is -2.23. The molecule has 4 N–H and O–H groups in total. The van der Waals surface area contributed by atoms with Crippen molar-refractivity contribution in [2.75, 3.05) is 18.9 Å². The molecule has 80 valence electrons. The highest BCUT2D eigenvalue weighted by molar-refractivity contribution is 8.00. The Balaban J connectivity index is 3.77. The SMILES string of the molecule is CC(C)SC(N)[C@@H](CO)NCCS. The summed E-state index contributed by atoms with van der Waals surface area (Å²) in [6.45, 7) is 5.05. The van der Waals surface area contributed by atoms with Gasteiger partial charge in [-0.1, -0.05) is 13.8 Å².